The van der Waals surface area contributed by atoms with Crippen LogP contribution in [0.3, 0.4) is 0 Å². The van der Waals surface area contributed by atoms with Crippen molar-refractivity contribution in [3.05, 3.63) is 29.3 Å². The lowest BCUT2D eigenvalue weighted by molar-refractivity contribution is -0.117. The van der Waals surface area contributed by atoms with E-state index in [1.807, 2.05) is 0 Å². The molecule has 1 amide bonds. The molecule has 102 valence electrons. The number of aromatic carboxylic acids is 1. The fourth-order valence-electron chi connectivity index (χ4n) is 2.14. The molecule has 1 fully saturated rings. The number of benzene rings is 1. The zero-order valence-corrected chi connectivity index (χ0v) is 10.5. The molecule has 19 heavy (non-hydrogen) atoms. The largest absolute Gasteiger partial charge is 0.478 e. The second kappa shape index (κ2) is 5.38. The fraction of sp³-hybridized carbons (Fsp3) is 0.385. The SMILES string of the molecule is Cc1c(NC(=O)C2CC(O)CN2)cccc1C(=O)O. The van der Waals surface area contributed by atoms with E-state index in [4.69, 9.17) is 5.11 Å². The van der Waals surface area contributed by atoms with Gasteiger partial charge < -0.3 is 20.8 Å². The maximum atomic E-state index is 12.0. The van der Waals surface area contributed by atoms with Crippen LogP contribution in [0.2, 0.25) is 0 Å². The standard InChI is InChI=1S/C13H16N2O4/c1-7-9(13(18)19)3-2-4-10(7)15-12(17)11-5-8(16)6-14-11/h2-4,8,11,14,16H,5-6H2,1H3,(H,15,17)(H,18,19). The Labute approximate surface area is 110 Å². The van der Waals surface area contributed by atoms with Gasteiger partial charge in [-0.05, 0) is 31.0 Å². The predicted molar refractivity (Wildman–Crippen MR) is 69.2 cm³/mol. The number of amides is 1. The number of carboxylic acid groups (broad SMARTS) is 1. The first-order chi connectivity index (χ1) is 8.99. The quantitative estimate of drug-likeness (QED) is 0.631. The minimum absolute atomic E-state index is 0.164. The van der Waals surface area contributed by atoms with Gasteiger partial charge in [-0.2, -0.15) is 0 Å². The average Bonchev–Trinajstić information content (AvgIpc) is 2.78. The Morgan fingerprint density at radius 1 is 1.42 bits per heavy atom. The maximum Gasteiger partial charge on any atom is 0.336 e. The van der Waals surface area contributed by atoms with E-state index in [-0.39, 0.29) is 11.5 Å². The van der Waals surface area contributed by atoms with E-state index in [1.54, 1.807) is 19.1 Å². The predicted octanol–water partition coefficient (Wildman–Crippen LogP) is 0.355. The summed E-state index contributed by atoms with van der Waals surface area (Å²) in [4.78, 5) is 23.0. The third kappa shape index (κ3) is 2.91. The van der Waals surface area contributed by atoms with Gasteiger partial charge in [0, 0.05) is 12.2 Å². The molecule has 4 N–H and O–H groups in total. The molecule has 2 unspecified atom stereocenters. The number of carbonyl (C=O) groups excluding carboxylic acids is 1. The molecule has 1 aromatic carbocycles. The van der Waals surface area contributed by atoms with Crippen LogP contribution in [0.25, 0.3) is 0 Å². The lowest BCUT2D eigenvalue weighted by Gasteiger charge is -2.14. The van der Waals surface area contributed by atoms with E-state index in [9.17, 15) is 14.7 Å². The van der Waals surface area contributed by atoms with E-state index < -0.39 is 18.1 Å². The molecule has 6 nitrogen and oxygen atoms in total. The number of carboxylic acids is 1. The Kier molecular flexibility index (Phi) is 3.82. The second-order valence-corrected chi connectivity index (χ2v) is 4.62. The van der Waals surface area contributed by atoms with E-state index in [0.717, 1.165) is 0 Å². The van der Waals surface area contributed by atoms with Crippen LogP contribution in [-0.2, 0) is 4.79 Å². The fourth-order valence-corrected chi connectivity index (χ4v) is 2.14. The van der Waals surface area contributed by atoms with Crippen LogP contribution in [0.1, 0.15) is 22.3 Å². The number of hydrogen-bond donors (Lipinski definition) is 4. The third-order valence-corrected chi connectivity index (χ3v) is 3.25. The van der Waals surface area contributed by atoms with E-state index in [0.29, 0.717) is 24.2 Å². The van der Waals surface area contributed by atoms with Crippen molar-refractivity contribution in [3.8, 4) is 0 Å². The number of hydrogen-bond acceptors (Lipinski definition) is 4. The van der Waals surface area contributed by atoms with Gasteiger partial charge in [-0.1, -0.05) is 6.07 Å². The summed E-state index contributed by atoms with van der Waals surface area (Å²) >= 11 is 0. The van der Waals surface area contributed by atoms with Gasteiger partial charge in [-0.3, -0.25) is 4.79 Å². The Morgan fingerprint density at radius 3 is 2.74 bits per heavy atom. The number of aliphatic hydroxyl groups is 1. The highest BCUT2D eigenvalue weighted by Crippen LogP contribution is 2.20. The summed E-state index contributed by atoms with van der Waals surface area (Å²) in [6.45, 7) is 2.04. The summed E-state index contributed by atoms with van der Waals surface area (Å²) in [6, 6.07) is 4.29. The molecule has 0 bridgehead atoms. The number of rotatable bonds is 3. The molecule has 1 aliphatic rings. The van der Waals surface area contributed by atoms with E-state index >= 15 is 0 Å². The lowest BCUT2D eigenvalue weighted by atomic mass is 10.1. The summed E-state index contributed by atoms with van der Waals surface area (Å²) in [5.41, 5.74) is 1.16. The normalized spacial score (nSPS) is 22.2. The molecule has 2 atom stereocenters. The second-order valence-electron chi connectivity index (χ2n) is 4.62. The van der Waals surface area contributed by atoms with E-state index in [1.165, 1.54) is 6.07 Å². The average molecular weight is 264 g/mol. The summed E-state index contributed by atoms with van der Waals surface area (Å²) in [7, 11) is 0. The molecule has 1 aliphatic heterocycles. The first-order valence-corrected chi connectivity index (χ1v) is 6.04. The van der Waals surface area contributed by atoms with Crippen molar-refractivity contribution in [1.29, 1.82) is 0 Å². The lowest BCUT2D eigenvalue weighted by Crippen LogP contribution is -2.35. The van der Waals surface area contributed by atoms with Gasteiger partial charge in [0.1, 0.15) is 0 Å². The van der Waals surface area contributed by atoms with Gasteiger partial charge >= 0.3 is 5.97 Å². The monoisotopic (exact) mass is 264 g/mol. The summed E-state index contributed by atoms with van der Waals surface area (Å²) < 4.78 is 0. The molecule has 1 saturated heterocycles. The molecule has 6 heteroatoms. The molecule has 1 aromatic rings. The van der Waals surface area contributed by atoms with Crippen molar-refractivity contribution in [3.63, 3.8) is 0 Å². The Balaban J connectivity index is 2.13. The van der Waals surface area contributed by atoms with Crippen molar-refractivity contribution in [1.82, 2.24) is 5.32 Å². The first kappa shape index (κ1) is 13.5. The van der Waals surface area contributed by atoms with Crippen LogP contribution < -0.4 is 10.6 Å². The summed E-state index contributed by atoms with van der Waals surface area (Å²) in [6.07, 6.45) is -0.147. The molecule has 0 saturated carbocycles. The third-order valence-electron chi connectivity index (χ3n) is 3.25. The molecule has 1 heterocycles. The number of anilines is 1. The van der Waals surface area contributed by atoms with Crippen molar-refractivity contribution in [2.75, 3.05) is 11.9 Å². The van der Waals surface area contributed by atoms with Crippen LogP contribution in [0.4, 0.5) is 5.69 Å². The first-order valence-electron chi connectivity index (χ1n) is 6.04. The molecule has 0 radical (unpaired) electrons. The Bertz CT molecular complexity index is 515. The number of carbonyl (C=O) groups is 2. The highest BCUT2D eigenvalue weighted by atomic mass is 16.4. The number of β-amino-alcohol motifs (C(OH)–C–C–N with tert-alkyl or cyclic N) is 1. The molecule has 0 spiro atoms. The summed E-state index contributed by atoms with van der Waals surface area (Å²) in [5.74, 6) is -1.29. The summed E-state index contributed by atoms with van der Waals surface area (Å²) in [5, 5.41) is 24.0. The zero-order chi connectivity index (χ0) is 14.0. The van der Waals surface area contributed by atoms with E-state index in [2.05, 4.69) is 10.6 Å². The van der Waals surface area contributed by atoms with Gasteiger partial charge in [-0.25, -0.2) is 4.79 Å². The smallest absolute Gasteiger partial charge is 0.336 e. The van der Waals surface area contributed by atoms with Gasteiger partial charge in [0.05, 0.1) is 17.7 Å². The maximum absolute atomic E-state index is 12.0. The highest BCUT2D eigenvalue weighted by Gasteiger charge is 2.28. The van der Waals surface area contributed by atoms with Crippen LogP contribution >= 0.6 is 0 Å². The molecule has 0 aliphatic carbocycles. The van der Waals surface area contributed by atoms with Gasteiger partial charge in [0.15, 0.2) is 0 Å². The number of aliphatic hydroxyl groups excluding tert-OH is 1. The minimum Gasteiger partial charge on any atom is -0.478 e. The van der Waals surface area contributed by atoms with Crippen molar-refractivity contribution >= 4 is 17.6 Å². The van der Waals surface area contributed by atoms with Crippen molar-refractivity contribution < 1.29 is 19.8 Å². The topological polar surface area (TPSA) is 98.7 Å². The van der Waals surface area contributed by atoms with Gasteiger partial charge in [-0.15, -0.1) is 0 Å². The van der Waals surface area contributed by atoms with Gasteiger partial charge in [0.25, 0.3) is 0 Å². The Morgan fingerprint density at radius 2 is 2.16 bits per heavy atom. The Hall–Kier alpha value is -1.92. The minimum atomic E-state index is -1.02. The van der Waals surface area contributed by atoms with Crippen molar-refractivity contribution in [2.24, 2.45) is 0 Å². The van der Waals surface area contributed by atoms with Crippen LogP contribution in [0.5, 0.6) is 0 Å². The molecular formula is C13H16N2O4. The highest BCUT2D eigenvalue weighted by molar-refractivity contribution is 5.98. The molecular weight excluding hydrogens is 248 g/mol. The zero-order valence-electron chi connectivity index (χ0n) is 10.5. The van der Waals surface area contributed by atoms with Crippen LogP contribution in [-0.4, -0.2) is 40.8 Å². The van der Waals surface area contributed by atoms with Crippen LogP contribution in [0, 0.1) is 6.92 Å². The molecule has 2 rings (SSSR count). The van der Waals surface area contributed by atoms with Gasteiger partial charge in [0.2, 0.25) is 5.91 Å². The van der Waals surface area contributed by atoms with Crippen LogP contribution in [0.15, 0.2) is 18.2 Å². The molecule has 0 aromatic heterocycles. The van der Waals surface area contributed by atoms with Crippen molar-refractivity contribution in [2.45, 2.75) is 25.5 Å². The number of nitrogens with one attached hydrogen (secondary N) is 2.